The highest BCUT2D eigenvalue weighted by Crippen LogP contribution is 2.19. The molecular formula is C12H14FNO2. The van der Waals surface area contributed by atoms with Gasteiger partial charge in [-0.05, 0) is 18.6 Å². The highest BCUT2D eigenvalue weighted by atomic mass is 19.1. The molecule has 86 valence electrons. The SMILES string of the molecule is C=CC(=O)NC(CCO)c1ccccc1F. The fourth-order valence-corrected chi connectivity index (χ4v) is 1.42. The van der Waals surface area contributed by atoms with E-state index in [4.69, 9.17) is 5.11 Å². The van der Waals surface area contributed by atoms with E-state index < -0.39 is 11.9 Å². The minimum absolute atomic E-state index is 0.129. The summed E-state index contributed by atoms with van der Waals surface area (Å²) in [6.07, 6.45) is 1.38. The lowest BCUT2D eigenvalue weighted by Gasteiger charge is -2.17. The van der Waals surface area contributed by atoms with Crippen LogP contribution < -0.4 is 5.32 Å². The Morgan fingerprint density at radius 1 is 1.56 bits per heavy atom. The second kappa shape index (κ2) is 6.02. The van der Waals surface area contributed by atoms with Crippen LogP contribution in [0.3, 0.4) is 0 Å². The smallest absolute Gasteiger partial charge is 0.243 e. The van der Waals surface area contributed by atoms with E-state index in [1.165, 1.54) is 6.07 Å². The molecule has 0 aromatic heterocycles. The van der Waals surface area contributed by atoms with Crippen molar-refractivity contribution in [1.82, 2.24) is 5.32 Å². The predicted octanol–water partition coefficient (Wildman–Crippen LogP) is 1.55. The van der Waals surface area contributed by atoms with Crippen LogP contribution in [0.5, 0.6) is 0 Å². The molecule has 0 aliphatic heterocycles. The lowest BCUT2D eigenvalue weighted by atomic mass is 10.0. The molecule has 0 radical (unpaired) electrons. The molecule has 0 bridgehead atoms. The van der Waals surface area contributed by atoms with Crippen LogP contribution in [-0.4, -0.2) is 17.6 Å². The molecule has 0 aliphatic rings. The zero-order valence-electron chi connectivity index (χ0n) is 8.82. The van der Waals surface area contributed by atoms with Gasteiger partial charge >= 0.3 is 0 Å². The van der Waals surface area contributed by atoms with Crippen molar-refractivity contribution in [3.05, 3.63) is 48.3 Å². The van der Waals surface area contributed by atoms with Crippen LogP contribution in [0.2, 0.25) is 0 Å². The molecule has 0 heterocycles. The summed E-state index contributed by atoms with van der Waals surface area (Å²) in [7, 11) is 0. The van der Waals surface area contributed by atoms with E-state index in [-0.39, 0.29) is 18.9 Å². The van der Waals surface area contributed by atoms with Crippen LogP contribution in [0.25, 0.3) is 0 Å². The Labute approximate surface area is 93.6 Å². The van der Waals surface area contributed by atoms with E-state index in [9.17, 15) is 9.18 Å². The lowest BCUT2D eigenvalue weighted by Crippen LogP contribution is -2.28. The maximum Gasteiger partial charge on any atom is 0.243 e. The third kappa shape index (κ3) is 3.17. The highest BCUT2D eigenvalue weighted by Gasteiger charge is 2.15. The van der Waals surface area contributed by atoms with Gasteiger partial charge in [0.15, 0.2) is 0 Å². The summed E-state index contributed by atoms with van der Waals surface area (Å²) >= 11 is 0. The molecule has 16 heavy (non-hydrogen) atoms. The largest absolute Gasteiger partial charge is 0.396 e. The summed E-state index contributed by atoms with van der Waals surface area (Å²) in [5, 5.41) is 11.4. The molecule has 0 saturated heterocycles. The van der Waals surface area contributed by atoms with Crippen molar-refractivity contribution >= 4 is 5.91 Å². The first-order valence-corrected chi connectivity index (χ1v) is 4.97. The number of benzene rings is 1. The maximum absolute atomic E-state index is 13.5. The van der Waals surface area contributed by atoms with E-state index in [1.54, 1.807) is 18.2 Å². The molecule has 0 aliphatic carbocycles. The van der Waals surface area contributed by atoms with Gasteiger partial charge < -0.3 is 10.4 Å². The van der Waals surface area contributed by atoms with Crippen molar-refractivity contribution in [3.8, 4) is 0 Å². The van der Waals surface area contributed by atoms with Crippen molar-refractivity contribution in [3.63, 3.8) is 0 Å². The van der Waals surface area contributed by atoms with Crippen molar-refractivity contribution < 1.29 is 14.3 Å². The fourth-order valence-electron chi connectivity index (χ4n) is 1.42. The Morgan fingerprint density at radius 2 is 2.25 bits per heavy atom. The monoisotopic (exact) mass is 223 g/mol. The first-order chi connectivity index (χ1) is 7.69. The molecule has 0 saturated carbocycles. The van der Waals surface area contributed by atoms with Gasteiger partial charge in [-0.1, -0.05) is 24.8 Å². The van der Waals surface area contributed by atoms with Gasteiger partial charge in [-0.25, -0.2) is 4.39 Å². The molecule has 3 nitrogen and oxygen atoms in total. The Bertz CT molecular complexity index is 379. The summed E-state index contributed by atoms with van der Waals surface area (Å²) in [6, 6.07) is 5.63. The Kier molecular flexibility index (Phi) is 4.66. The van der Waals surface area contributed by atoms with Gasteiger partial charge in [0.05, 0.1) is 6.04 Å². The van der Waals surface area contributed by atoms with E-state index in [1.807, 2.05) is 0 Å². The normalized spacial score (nSPS) is 11.9. The molecule has 0 spiro atoms. The van der Waals surface area contributed by atoms with E-state index in [0.717, 1.165) is 6.08 Å². The number of halogens is 1. The van der Waals surface area contributed by atoms with E-state index in [0.29, 0.717) is 5.56 Å². The first kappa shape index (κ1) is 12.4. The van der Waals surface area contributed by atoms with Crippen LogP contribution >= 0.6 is 0 Å². The summed E-state index contributed by atoms with van der Waals surface area (Å²) in [6.45, 7) is 3.19. The number of rotatable bonds is 5. The zero-order valence-corrected chi connectivity index (χ0v) is 8.82. The van der Waals surface area contributed by atoms with Crippen LogP contribution in [0.15, 0.2) is 36.9 Å². The van der Waals surface area contributed by atoms with Crippen LogP contribution in [-0.2, 0) is 4.79 Å². The van der Waals surface area contributed by atoms with Crippen molar-refractivity contribution in [2.75, 3.05) is 6.61 Å². The maximum atomic E-state index is 13.5. The Hall–Kier alpha value is -1.68. The van der Waals surface area contributed by atoms with Gasteiger partial charge in [-0.15, -0.1) is 0 Å². The summed E-state index contributed by atoms with van der Waals surface area (Å²) in [5.41, 5.74) is 0.367. The number of aliphatic hydroxyl groups is 1. The van der Waals surface area contributed by atoms with Gasteiger partial charge in [0, 0.05) is 12.2 Å². The summed E-state index contributed by atoms with van der Waals surface area (Å²) < 4.78 is 13.5. The first-order valence-electron chi connectivity index (χ1n) is 4.97. The molecule has 4 heteroatoms. The molecule has 1 rings (SSSR count). The second-order valence-electron chi connectivity index (χ2n) is 3.30. The zero-order chi connectivity index (χ0) is 12.0. The van der Waals surface area contributed by atoms with Crippen molar-refractivity contribution in [1.29, 1.82) is 0 Å². The molecule has 0 fully saturated rings. The minimum atomic E-state index is -0.531. The summed E-state index contributed by atoms with van der Waals surface area (Å²) in [4.78, 5) is 11.1. The van der Waals surface area contributed by atoms with Crippen molar-refractivity contribution in [2.45, 2.75) is 12.5 Å². The average Bonchev–Trinajstić information content (AvgIpc) is 2.29. The molecule has 2 N–H and O–H groups in total. The number of hydrogen-bond acceptors (Lipinski definition) is 2. The Balaban J connectivity index is 2.88. The molecule has 1 aromatic rings. The number of amides is 1. The van der Waals surface area contributed by atoms with Crippen molar-refractivity contribution in [2.24, 2.45) is 0 Å². The van der Waals surface area contributed by atoms with Gasteiger partial charge in [0.25, 0.3) is 0 Å². The van der Waals surface area contributed by atoms with Gasteiger partial charge in [0.2, 0.25) is 5.91 Å². The number of hydrogen-bond donors (Lipinski definition) is 2. The second-order valence-corrected chi connectivity index (χ2v) is 3.30. The molecule has 1 amide bonds. The number of carbonyl (C=O) groups is 1. The van der Waals surface area contributed by atoms with E-state index in [2.05, 4.69) is 11.9 Å². The minimum Gasteiger partial charge on any atom is -0.396 e. The van der Waals surface area contributed by atoms with E-state index >= 15 is 0 Å². The number of carbonyl (C=O) groups excluding carboxylic acids is 1. The molecule has 1 atom stereocenters. The standard InChI is InChI=1S/C12H14FNO2/c1-2-12(16)14-11(7-8-15)9-5-3-4-6-10(9)13/h2-6,11,15H,1,7-8H2,(H,14,16). The molecule has 1 aromatic carbocycles. The number of nitrogens with one attached hydrogen (secondary N) is 1. The number of aliphatic hydroxyl groups excluding tert-OH is 1. The van der Waals surface area contributed by atoms with Gasteiger partial charge in [-0.3, -0.25) is 4.79 Å². The van der Waals surface area contributed by atoms with Gasteiger partial charge in [0.1, 0.15) is 5.82 Å². The Morgan fingerprint density at radius 3 is 2.81 bits per heavy atom. The molecular weight excluding hydrogens is 209 g/mol. The van der Waals surface area contributed by atoms with Gasteiger partial charge in [-0.2, -0.15) is 0 Å². The van der Waals surface area contributed by atoms with Crippen LogP contribution in [0.1, 0.15) is 18.0 Å². The van der Waals surface area contributed by atoms with Crippen LogP contribution in [0.4, 0.5) is 4.39 Å². The lowest BCUT2D eigenvalue weighted by molar-refractivity contribution is -0.117. The quantitative estimate of drug-likeness (QED) is 0.744. The summed E-state index contributed by atoms with van der Waals surface area (Å²) in [5.74, 6) is -0.785. The fraction of sp³-hybridized carbons (Fsp3) is 0.250. The predicted molar refractivity (Wildman–Crippen MR) is 59.2 cm³/mol. The third-order valence-corrected chi connectivity index (χ3v) is 2.20. The topological polar surface area (TPSA) is 49.3 Å². The van der Waals surface area contributed by atoms with Crippen LogP contribution in [0, 0.1) is 5.82 Å². The molecule has 1 unspecified atom stereocenters. The highest BCUT2D eigenvalue weighted by molar-refractivity contribution is 5.87. The third-order valence-electron chi connectivity index (χ3n) is 2.20. The average molecular weight is 223 g/mol.